The molecule has 0 aromatic rings. The van der Waals surface area contributed by atoms with E-state index in [0.29, 0.717) is 0 Å². The number of carboxylic acid groups (broad SMARTS) is 2. The Bertz CT molecular complexity index is 227. The normalized spacial score (nSPS) is 11.7. The summed E-state index contributed by atoms with van der Waals surface area (Å²) in [5.41, 5.74) is 0. The molecule has 0 spiro atoms. The third-order valence-electron chi connectivity index (χ3n) is 0.824. The van der Waals surface area contributed by atoms with Gasteiger partial charge in [0, 0.05) is 0 Å². The molecule has 64 valence electrons. The minimum atomic E-state index is -2.33. The van der Waals surface area contributed by atoms with Gasteiger partial charge in [-0.25, -0.2) is 0 Å². The van der Waals surface area contributed by atoms with Gasteiger partial charge >= 0.3 is 59.1 Å². The molecule has 1 aliphatic rings. The van der Waals surface area contributed by atoms with E-state index >= 15 is 0 Å². The number of allylic oxidation sites excluding steroid dienone is 4. The van der Waals surface area contributed by atoms with E-state index in [1.54, 1.807) is 0 Å². The summed E-state index contributed by atoms with van der Waals surface area (Å²) in [6.07, 6.45) is 2.68. The summed E-state index contributed by atoms with van der Waals surface area (Å²) in [5.74, 6) is -0.241. The minimum Gasteiger partial charge on any atom is -0.652 e. The number of carbonyl (C=O) groups is 3. The molecule has 5 nitrogen and oxygen atoms in total. The Morgan fingerprint density at radius 1 is 0.857 bits per heavy atom. The van der Waals surface area contributed by atoms with Crippen molar-refractivity contribution in [2.24, 2.45) is 0 Å². The molecule has 0 saturated carbocycles. The van der Waals surface area contributed by atoms with Crippen molar-refractivity contribution in [2.45, 2.75) is 0 Å². The number of ketones is 2. The summed E-state index contributed by atoms with van der Waals surface area (Å²) in [7, 11) is 0. The first-order valence-corrected chi connectivity index (χ1v) is 2.84. The molecule has 0 atom stereocenters. The molecule has 0 amide bonds. The fraction of sp³-hybridized carbons (Fsp3) is 0. The monoisotopic (exact) mass is 214 g/mol. The third kappa shape index (κ3) is 14.6. The number of hydrogen-bond acceptors (Lipinski definition) is 5. The zero-order valence-electron chi connectivity index (χ0n) is 7.85. The number of carbonyl (C=O) groups excluding carboxylic acids is 3. The predicted octanol–water partition coefficient (Wildman–Crippen LogP) is -8.19. The fourth-order valence-electron chi connectivity index (χ4n) is 0.440. The van der Waals surface area contributed by atoms with Gasteiger partial charge in [0.05, 0.1) is 0 Å². The van der Waals surface area contributed by atoms with Crippen LogP contribution in [0.4, 0.5) is 4.79 Å². The van der Waals surface area contributed by atoms with Crippen molar-refractivity contribution in [1.29, 1.82) is 0 Å². The van der Waals surface area contributed by atoms with E-state index in [-0.39, 0.29) is 70.7 Å². The summed E-state index contributed by atoms with van der Waals surface area (Å²) in [4.78, 5) is 28.9. The molecular weight excluding hydrogens is 210 g/mol. The van der Waals surface area contributed by atoms with Crippen molar-refractivity contribution in [1.82, 2.24) is 0 Å². The quantitative estimate of drug-likeness (QED) is 0.294. The molecular formula is C7H4Na2O5. The van der Waals surface area contributed by atoms with E-state index < -0.39 is 6.16 Å². The second kappa shape index (κ2) is 11.2. The molecule has 0 bridgehead atoms. The van der Waals surface area contributed by atoms with Crippen LogP contribution in [0.5, 0.6) is 0 Å². The molecule has 0 unspecified atom stereocenters. The van der Waals surface area contributed by atoms with Crippen molar-refractivity contribution in [3.63, 3.8) is 0 Å². The van der Waals surface area contributed by atoms with Crippen LogP contribution < -0.4 is 69.3 Å². The number of rotatable bonds is 0. The second-order valence-electron chi connectivity index (χ2n) is 1.72. The maximum absolute atomic E-state index is 10.3. The van der Waals surface area contributed by atoms with Crippen LogP contribution in [0.15, 0.2) is 24.3 Å². The summed E-state index contributed by atoms with van der Waals surface area (Å²) >= 11 is 0. The topological polar surface area (TPSA) is 97.3 Å². The van der Waals surface area contributed by atoms with Crippen LogP contribution in [0.25, 0.3) is 0 Å². The average molecular weight is 214 g/mol. The fourth-order valence-corrected chi connectivity index (χ4v) is 0.440. The Labute approximate surface area is 124 Å². The standard InChI is InChI=1S/C6H4O2.CH2O3.2Na/c7-5-1-2-6(8)4-3-5;2-1(3)4;;/h1-4H;(H2,2,3,4);;/q;;2*+1/p-2. The van der Waals surface area contributed by atoms with Crippen LogP contribution in [-0.2, 0) is 9.59 Å². The molecule has 0 radical (unpaired) electrons. The maximum atomic E-state index is 10.3. The minimum absolute atomic E-state index is 0. The van der Waals surface area contributed by atoms with Crippen LogP contribution in [-0.4, -0.2) is 17.7 Å². The first-order chi connectivity index (χ1) is 5.52. The molecule has 0 aliphatic heterocycles. The van der Waals surface area contributed by atoms with Crippen molar-refractivity contribution < 1.29 is 83.7 Å². The van der Waals surface area contributed by atoms with Gasteiger partial charge in [0.15, 0.2) is 11.6 Å². The third-order valence-corrected chi connectivity index (χ3v) is 0.824. The van der Waals surface area contributed by atoms with Crippen LogP contribution in [0.3, 0.4) is 0 Å². The van der Waals surface area contributed by atoms with Gasteiger partial charge in [0.1, 0.15) is 0 Å². The van der Waals surface area contributed by atoms with Gasteiger partial charge in [0.25, 0.3) is 0 Å². The van der Waals surface area contributed by atoms with E-state index in [1.165, 1.54) is 24.3 Å². The molecule has 0 aromatic carbocycles. The zero-order chi connectivity index (χ0) is 9.56. The van der Waals surface area contributed by atoms with E-state index in [4.69, 9.17) is 15.0 Å². The molecule has 0 heterocycles. The Balaban J connectivity index is -0.000000180. The van der Waals surface area contributed by atoms with Crippen LogP contribution in [0, 0.1) is 0 Å². The van der Waals surface area contributed by atoms with Crippen molar-refractivity contribution in [2.75, 3.05) is 0 Å². The van der Waals surface area contributed by atoms with Gasteiger partial charge in [-0.2, -0.15) is 0 Å². The Morgan fingerprint density at radius 2 is 1.00 bits per heavy atom. The maximum Gasteiger partial charge on any atom is 1.00 e. The van der Waals surface area contributed by atoms with Crippen LogP contribution in [0.1, 0.15) is 0 Å². The van der Waals surface area contributed by atoms with Crippen molar-refractivity contribution in [3.8, 4) is 0 Å². The largest absolute Gasteiger partial charge is 1.00 e. The average Bonchev–Trinajstić information content (AvgIpc) is 1.94. The summed E-state index contributed by atoms with van der Waals surface area (Å²) < 4.78 is 0. The predicted molar refractivity (Wildman–Crippen MR) is 33.7 cm³/mol. The second-order valence-corrected chi connectivity index (χ2v) is 1.72. The summed E-state index contributed by atoms with van der Waals surface area (Å²) in [6.45, 7) is 0. The summed E-state index contributed by atoms with van der Waals surface area (Å²) in [6, 6.07) is 0. The van der Waals surface area contributed by atoms with Gasteiger partial charge < -0.3 is 15.0 Å². The molecule has 0 N–H and O–H groups in total. The van der Waals surface area contributed by atoms with Gasteiger partial charge in [-0.3, -0.25) is 9.59 Å². The van der Waals surface area contributed by atoms with Gasteiger partial charge in [-0.1, -0.05) is 0 Å². The molecule has 7 heteroatoms. The van der Waals surface area contributed by atoms with Gasteiger partial charge in [-0.15, -0.1) is 0 Å². The molecule has 0 aromatic heterocycles. The Hall–Kier alpha value is 0.0900. The molecule has 1 aliphatic carbocycles. The Kier molecular flexibility index (Phi) is 15.7. The van der Waals surface area contributed by atoms with E-state index in [1.807, 2.05) is 0 Å². The summed E-state index contributed by atoms with van der Waals surface area (Å²) in [5, 5.41) is 16.7. The molecule has 0 saturated heterocycles. The molecule has 0 fully saturated rings. The van der Waals surface area contributed by atoms with Crippen LogP contribution >= 0.6 is 0 Å². The van der Waals surface area contributed by atoms with Gasteiger partial charge in [-0.05, 0) is 30.5 Å². The SMILES string of the molecule is O=C([O-])[O-].O=C1C=CC(=O)C=C1.[Na+].[Na+]. The van der Waals surface area contributed by atoms with Crippen molar-refractivity contribution in [3.05, 3.63) is 24.3 Å². The van der Waals surface area contributed by atoms with E-state index in [0.717, 1.165) is 0 Å². The Morgan fingerprint density at radius 3 is 1.14 bits per heavy atom. The van der Waals surface area contributed by atoms with Crippen molar-refractivity contribution >= 4 is 17.7 Å². The first-order valence-electron chi connectivity index (χ1n) is 2.84. The first kappa shape index (κ1) is 19.6. The van der Waals surface area contributed by atoms with E-state index in [9.17, 15) is 9.59 Å². The number of hydrogen-bond donors (Lipinski definition) is 0. The molecule has 1 rings (SSSR count). The van der Waals surface area contributed by atoms with Gasteiger partial charge in [0.2, 0.25) is 0 Å². The zero-order valence-corrected chi connectivity index (χ0v) is 11.9. The van der Waals surface area contributed by atoms with Crippen LogP contribution in [0.2, 0.25) is 0 Å². The molecule has 14 heavy (non-hydrogen) atoms. The smallest absolute Gasteiger partial charge is 0.652 e. The van der Waals surface area contributed by atoms with E-state index in [2.05, 4.69) is 0 Å².